The third-order valence-corrected chi connectivity index (χ3v) is 5.47. The van der Waals surface area contributed by atoms with Crippen molar-refractivity contribution in [1.29, 1.82) is 0 Å². The molecule has 0 aromatic heterocycles. The van der Waals surface area contributed by atoms with E-state index in [4.69, 9.17) is 0 Å². The lowest BCUT2D eigenvalue weighted by atomic mass is 10.0. The Kier molecular flexibility index (Phi) is 23.5. The van der Waals surface area contributed by atoms with Crippen LogP contribution < -0.4 is 0 Å². The molecule has 0 aromatic rings. The minimum Gasteiger partial charge on any atom is -0.300 e. The summed E-state index contributed by atoms with van der Waals surface area (Å²) in [6.07, 6.45) is 33.8. The number of allylic oxidation sites excluding steroid dienone is 4. The Bertz CT molecular complexity index is 366. The van der Waals surface area contributed by atoms with E-state index in [1.54, 1.807) is 0 Å². The predicted molar refractivity (Wildman–Crippen MR) is 127 cm³/mol. The molecule has 0 fully saturated rings. The molecule has 0 saturated heterocycles. The van der Waals surface area contributed by atoms with Gasteiger partial charge in [-0.3, -0.25) is 4.79 Å². The minimum atomic E-state index is 0.499. The Morgan fingerprint density at radius 1 is 0.500 bits per heavy atom. The lowest BCUT2D eigenvalue weighted by Crippen LogP contribution is -1.97. The van der Waals surface area contributed by atoms with Crippen LogP contribution in [0.2, 0.25) is 0 Å². The second-order valence-electron chi connectivity index (χ2n) is 8.39. The van der Waals surface area contributed by atoms with Gasteiger partial charge in [-0.15, -0.1) is 0 Å². The summed E-state index contributed by atoms with van der Waals surface area (Å²) >= 11 is 0. The zero-order chi connectivity index (χ0) is 20.5. The van der Waals surface area contributed by atoms with E-state index >= 15 is 0 Å². The Balaban J connectivity index is 3.25. The van der Waals surface area contributed by atoms with Gasteiger partial charge in [0, 0.05) is 12.8 Å². The van der Waals surface area contributed by atoms with Crippen molar-refractivity contribution in [3.63, 3.8) is 0 Å². The highest BCUT2D eigenvalue weighted by Crippen LogP contribution is 2.12. The van der Waals surface area contributed by atoms with E-state index < -0.39 is 0 Å². The zero-order valence-corrected chi connectivity index (χ0v) is 19.4. The molecule has 164 valence electrons. The van der Waals surface area contributed by atoms with Gasteiger partial charge in [0.25, 0.3) is 0 Å². The van der Waals surface area contributed by atoms with Crippen molar-refractivity contribution < 1.29 is 4.79 Å². The van der Waals surface area contributed by atoms with Gasteiger partial charge in [0.2, 0.25) is 0 Å². The number of hydrogen-bond acceptors (Lipinski definition) is 1. The fourth-order valence-electron chi connectivity index (χ4n) is 3.54. The van der Waals surface area contributed by atoms with E-state index in [2.05, 4.69) is 38.2 Å². The standard InChI is InChI=1S/C27H50O/c1-3-5-7-9-11-12-13-14-15-16-17-18-20-22-24-26-27(28)25-23-21-19-10-8-6-4-2/h11-12,14-15H,3-10,13,16-26H2,1-2H3. The normalized spacial score (nSPS) is 11.8. The quantitative estimate of drug-likeness (QED) is 0.133. The smallest absolute Gasteiger partial charge is 0.132 e. The average Bonchev–Trinajstić information content (AvgIpc) is 2.70. The number of carbonyl (C=O) groups is 1. The van der Waals surface area contributed by atoms with Gasteiger partial charge in [-0.25, -0.2) is 0 Å². The molecule has 0 rings (SSSR count). The third-order valence-electron chi connectivity index (χ3n) is 5.47. The molecule has 1 nitrogen and oxygen atoms in total. The van der Waals surface area contributed by atoms with Gasteiger partial charge in [-0.05, 0) is 44.9 Å². The molecule has 0 N–H and O–H groups in total. The number of ketones is 1. The number of hydrogen-bond donors (Lipinski definition) is 0. The SMILES string of the molecule is CCCCCC=CCC=CCCCCCCCC(=O)CCCCCCCCC. The van der Waals surface area contributed by atoms with Gasteiger partial charge in [-0.1, -0.05) is 109 Å². The number of unbranched alkanes of at least 4 members (excludes halogenated alkanes) is 14. The second-order valence-corrected chi connectivity index (χ2v) is 8.39. The Hall–Kier alpha value is -0.850. The van der Waals surface area contributed by atoms with Crippen molar-refractivity contribution in [3.8, 4) is 0 Å². The summed E-state index contributed by atoms with van der Waals surface area (Å²) in [5.74, 6) is 0.499. The first kappa shape index (κ1) is 27.1. The summed E-state index contributed by atoms with van der Waals surface area (Å²) in [6.45, 7) is 4.51. The van der Waals surface area contributed by atoms with Gasteiger partial charge >= 0.3 is 0 Å². The molecule has 0 aliphatic heterocycles. The monoisotopic (exact) mass is 390 g/mol. The maximum absolute atomic E-state index is 11.9. The molecule has 1 heteroatoms. The van der Waals surface area contributed by atoms with Gasteiger partial charge in [0.05, 0.1) is 0 Å². The lowest BCUT2D eigenvalue weighted by molar-refractivity contribution is -0.119. The van der Waals surface area contributed by atoms with E-state index in [-0.39, 0.29) is 0 Å². The van der Waals surface area contributed by atoms with Gasteiger partial charge in [-0.2, -0.15) is 0 Å². The van der Waals surface area contributed by atoms with Crippen LogP contribution in [0.5, 0.6) is 0 Å². The first-order valence-corrected chi connectivity index (χ1v) is 12.6. The first-order chi connectivity index (χ1) is 13.8. The first-order valence-electron chi connectivity index (χ1n) is 12.6. The lowest BCUT2D eigenvalue weighted by Gasteiger charge is -2.02. The Morgan fingerprint density at radius 3 is 1.43 bits per heavy atom. The molecule has 0 aliphatic rings. The predicted octanol–water partition coefficient (Wildman–Crippen LogP) is 9.51. The summed E-state index contributed by atoms with van der Waals surface area (Å²) in [7, 11) is 0. The molecule has 0 aromatic carbocycles. The average molecular weight is 391 g/mol. The molecule has 0 heterocycles. The molecule has 0 atom stereocenters. The van der Waals surface area contributed by atoms with Crippen molar-refractivity contribution in [3.05, 3.63) is 24.3 Å². The molecule has 0 saturated carbocycles. The molecule has 0 bridgehead atoms. The molecule has 28 heavy (non-hydrogen) atoms. The van der Waals surface area contributed by atoms with E-state index in [9.17, 15) is 4.79 Å². The molecule has 0 radical (unpaired) electrons. The second kappa shape index (κ2) is 24.2. The Morgan fingerprint density at radius 2 is 0.893 bits per heavy atom. The van der Waals surface area contributed by atoms with Crippen molar-refractivity contribution in [1.82, 2.24) is 0 Å². The highest BCUT2D eigenvalue weighted by atomic mass is 16.1. The molecular formula is C27H50O. The van der Waals surface area contributed by atoms with Gasteiger partial charge in [0.1, 0.15) is 5.78 Å². The van der Waals surface area contributed by atoms with Crippen LogP contribution in [-0.2, 0) is 4.79 Å². The number of carbonyl (C=O) groups excluding carboxylic acids is 1. The van der Waals surface area contributed by atoms with Crippen molar-refractivity contribution in [2.75, 3.05) is 0 Å². The van der Waals surface area contributed by atoms with Gasteiger partial charge < -0.3 is 0 Å². The van der Waals surface area contributed by atoms with Crippen LogP contribution in [0.15, 0.2) is 24.3 Å². The number of rotatable bonds is 22. The zero-order valence-electron chi connectivity index (χ0n) is 19.4. The topological polar surface area (TPSA) is 17.1 Å². The van der Waals surface area contributed by atoms with Crippen LogP contribution in [0.3, 0.4) is 0 Å². The molecule has 0 spiro atoms. The third kappa shape index (κ3) is 23.2. The van der Waals surface area contributed by atoms with Crippen LogP contribution in [0.4, 0.5) is 0 Å². The van der Waals surface area contributed by atoms with E-state index in [1.807, 2.05) is 0 Å². The van der Waals surface area contributed by atoms with Crippen LogP contribution in [0, 0.1) is 0 Å². The molecule has 0 unspecified atom stereocenters. The van der Waals surface area contributed by atoms with Crippen LogP contribution in [0.1, 0.15) is 142 Å². The summed E-state index contributed by atoms with van der Waals surface area (Å²) in [5.41, 5.74) is 0. The fourth-order valence-corrected chi connectivity index (χ4v) is 3.54. The summed E-state index contributed by atoms with van der Waals surface area (Å²) < 4.78 is 0. The van der Waals surface area contributed by atoms with E-state index in [0.29, 0.717) is 5.78 Å². The van der Waals surface area contributed by atoms with E-state index in [0.717, 1.165) is 32.1 Å². The molecular weight excluding hydrogens is 340 g/mol. The molecule has 0 aliphatic carbocycles. The summed E-state index contributed by atoms with van der Waals surface area (Å²) in [6, 6.07) is 0. The highest BCUT2D eigenvalue weighted by Gasteiger charge is 2.01. The summed E-state index contributed by atoms with van der Waals surface area (Å²) in [4.78, 5) is 11.9. The van der Waals surface area contributed by atoms with Crippen LogP contribution >= 0.6 is 0 Å². The van der Waals surface area contributed by atoms with Crippen LogP contribution in [-0.4, -0.2) is 5.78 Å². The van der Waals surface area contributed by atoms with Crippen molar-refractivity contribution >= 4 is 5.78 Å². The Labute approximate surface area is 177 Å². The molecule has 0 amide bonds. The number of Topliss-reactive ketones (excluding diaryl/α,β-unsaturated/α-hetero) is 1. The van der Waals surface area contributed by atoms with Crippen molar-refractivity contribution in [2.45, 2.75) is 142 Å². The van der Waals surface area contributed by atoms with Crippen molar-refractivity contribution in [2.24, 2.45) is 0 Å². The highest BCUT2D eigenvalue weighted by molar-refractivity contribution is 5.78. The van der Waals surface area contributed by atoms with E-state index in [1.165, 1.54) is 96.3 Å². The fraction of sp³-hybridized carbons (Fsp3) is 0.815. The minimum absolute atomic E-state index is 0.499. The maximum atomic E-state index is 11.9. The largest absolute Gasteiger partial charge is 0.300 e. The van der Waals surface area contributed by atoms with Gasteiger partial charge in [0.15, 0.2) is 0 Å². The van der Waals surface area contributed by atoms with Crippen LogP contribution in [0.25, 0.3) is 0 Å². The maximum Gasteiger partial charge on any atom is 0.132 e. The summed E-state index contributed by atoms with van der Waals surface area (Å²) in [5, 5.41) is 0.